The Bertz CT molecular complexity index is 615. The predicted molar refractivity (Wildman–Crippen MR) is 98.1 cm³/mol. The van der Waals surface area contributed by atoms with Gasteiger partial charge < -0.3 is 9.84 Å². The van der Waals surface area contributed by atoms with Crippen LogP contribution in [0, 0.1) is 0 Å². The molecule has 23 heavy (non-hydrogen) atoms. The number of hydrogen-bond acceptors (Lipinski definition) is 2. The Morgan fingerprint density at radius 3 is 2.13 bits per heavy atom. The monoisotopic (exact) mass is 312 g/mol. The summed E-state index contributed by atoms with van der Waals surface area (Å²) >= 11 is 0. The largest absolute Gasteiger partial charge is 0.508 e. The Labute approximate surface area is 140 Å². The maximum absolute atomic E-state index is 9.73. The van der Waals surface area contributed by atoms with E-state index < -0.39 is 0 Å². The van der Waals surface area contributed by atoms with Crippen molar-refractivity contribution in [2.24, 2.45) is 0 Å². The van der Waals surface area contributed by atoms with Gasteiger partial charge in [0.25, 0.3) is 0 Å². The van der Waals surface area contributed by atoms with E-state index in [2.05, 4.69) is 33.4 Å². The molecule has 124 valence electrons. The van der Waals surface area contributed by atoms with Gasteiger partial charge >= 0.3 is 0 Å². The second-order valence-electron chi connectivity index (χ2n) is 5.43. The fourth-order valence-corrected chi connectivity index (χ4v) is 2.40. The van der Waals surface area contributed by atoms with Crippen molar-refractivity contribution >= 4 is 0 Å². The Balaban J connectivity index is 0.000000238. The summed E-state index contributed by atoms with van der Waals surface area (Å²) in [6, 6.07) is 13.7. The first kappa shape index (κ1) is 18.8. The molecular formula is C21H28O2. The van der Waals surface area contributed by atoms with Crippen molar-refractivity contribution in [3.8, 4) is 11.5 Å². The molecular weight excluding hydrogens is 284 g/mol. The molecule has 0 atom stereocenters. The standard InChI is InChI=1S/C12H18O.C9H10O/c1-4-9-7-10(5-2)11(6-3)12(13)8-9;1-8(2)10-9-6-4-3-5-7-9/h7-8,13H,4-6H2,1-3H3;3-7H,1H2,2H3. The van der Waals surface area contributed by atoms with Gasteiger partial charge in [-0.15, -0.1) is 0 Å². The molecule has 0 heterocycles. The first-order chi connectivity index (χ1) is 11.0. The highest BCUT2D eigenvalue weighted by Crippen LogP contribution is 2.24. The number of aryl methyl sites for hydroxylation is 2. The van der Waals surface area contributed by atoms with Crippen LogP contribution in [0.25, 0.3) is 0 Å². The molecule has 0 bridgehead atoms. The number of aromatic hydroxyl groups is 1. The van der Waals surface area contributed by atoms with Gasteiger partial charge in [-0.05, 0) is 61.1 Å². The van der Waals surface area contributed by atoms with Gasteiger partial charge in [-0.2, -0.15) is 0 Å². The number of allylic oxidation sites excluding steroid dienone is 1. The molecule has 2 rings (SSSR count). The molecule has 0 unspecified atom stereocenters. The normalized spacial score (nSPS) is 9.74. The molecule has 2 heteroatoms. The van der Waals surface area contributed by atoms with Gasteiger partial charge in [0.1, 0.15) is 11.5 Å². The van der Waals surface area contributed by atoms with Crippen molar-refractivity contribution in [3.63, 3.8) is 0 Å². The van der Waals surface area contributed by atoms with Crippen molar-refractivity contribution in [2.45, 2.75) is 47.0 Å². The fourth-order valence-electron chi connectivity index (χ4n) is 2.40. The smallest absolute Gasteiger partial charge is 0.126 e. The molecule has 0 fully saturated rings. The quantitative estimate of drug-likeness (QED) is 0.720. The summed E-state index contributed by atoms with van der Waals surface area (Å²) < 4.78 is 5.22. The second kappa shape index (κ2) is 9.73. The third kappa shape index (κ3) is 6.19. The molecule has 0 aliphatic heterocycles. The summed E-state index contributed by atoms with van der Waals surface area (Å²) in [5.41, 5.74) is 3.63. The Kier molecular flexibility index (Phi) is 7.96. The van der Waals surface area contributed by atoms with E-state index in [9.17, 15) is 5.11 Å². The number of hydrogen-bond donors (Lipinski definition) is 1. The molecule has 0 aliphatic carbocycles. The Hall–Kier alpha value is -2.22. The number of phenols is 1. The van der Waals surface area contributed by atoms with Crippen LogP contribution in [-0.4, -0.2) is 5.11 Å². The van der Waals surface area contributed by atoms with Crippen LogP contribution in [0.15, 0.2) is 54.8 Å². The molecule has 0 aliphatic rings. The lowest BCUT2D eigenvalue weighted by molar-refractivity contribution is 0.430. The van der Waals surface area contributed by atoms with Gasteiger partial charge in [0.05, 0.1) is 5.76 Å². The van der Waals surface area contributed by atoms with Crippen LogP contribution in [0.4, 0.5) is 0 Å². The topological polar surface area (TPSA) is 29.5 Å². The minimum atomic E-state index is 0.471. The van der Waals surface area contributed by atoms with Crippen LogP contribution < -0.4 is 4.74 Å². The van der Waals surface area contributed by atoms with E-state index in [4.69, 9.17) is 4.74 Å². The van der Waals surface area contributed by atoms with Crippen LogP contribution in [0.1, 0.15) is 44.4 Å². The van der Waals surface area contributed by atoms with Crippen LogP contribution in [0.3, 0.4) is 0 Å². The first-order valence-corrected chi connectivity index (χ1v) is 8.23. The van der Waals surface area contributed by atoms with Gasteiger partial charge in [-0.1, -0.05) is 51.6 Å². The van der Waals surface area contributed by atoms with E-state index in [1.807, 2.05) is 43.3 Å². The third-order valence-corrected chi connectivity index (χ3v) is 3.56. The highest BCUT2D eigenvalue weighted by atomic mass is 16.5. The fraction of sp³-hybridized carbons (Fsp3) is 0.333. The van der Waals surface area contributed by atoms with Gasteiger partial charge in [0.2, 0.25) is 0 Å². The maximum atomic E-state index is 9.73. The molecule has 0 radical (unpaired) electrons. The zero-order valence-electron chi connectivity index (χ0n) is 14.7. The highest BCUT2D eigenvalue weighted by Gasteiger charge is 2.06. The number of rotatable bonds is 5. The first-order valence-electron chi connectivity index (χ1n) is 8.23. The van der Waals surface area contributed by atoms with Gasteiger partial charge in [-0.3, -0.25) is 0 Å². The minimum absolute atomic E-state index is 0.471. The zero-order chi connectivity index (χ0) is 17.2. The molecule has 2 aromatic rings. The van der Waals surface area contributed by atoms with Crippen molar-refractivity contribution in [1.82, 2.24) is 0 Å². The van der Waals surface area contributed by atoms with Crippen molar-refractivity contribution in [3.05, 3.63) is 71.5 Å². The average Bonchev–Trinajstić information content (AvgIpc) is 2.55. The molecule has 0 saturated carbocycles. The van der Waals surface area contributed by atoms with Gasteiger partial charge in [0.15, 0.2) is 0 Å². The summed E-state index contributed by atoms with van der Waals surface area (Å²) in [7, 11) is 0. The predicted octanol–water partition coefficient (Wildman–Crippen LogP) is 5.68. The third-order valence-electron chi connectivity index (χ3n) is 3.56. The van der Waals surface area contributed by atoms with E-state index in [0.717, 1.165) is 30.6 Å². The maximum Gasteiger partial charge on any atom is 0.126 e. The van der Waals surface area contributed by atoms with Crippen molar-refractivity contribution in [2.75, 3.05) is 0 Å². The number of ether oxygens (including phenoxy) is 1. The second-order valence-corrected chi connectivity index (χ2v) is 5.43. The minimum Gasteiger partial charge on any atom is -0.508 e. The van der Waals surface area contributed by atoms with Crippen molar-refractivity contribution < 1.29 is 9.84 Å². The van der Waals surface area contributed by atoms with E-state index in [-0.39, 0.29) is 0 Å². The summed E-state index contributed by atoms with van der Waals surface area (Å²) in [6.45, 7) is 11.8. The summed E-state index contributed by atoms with van der Waals surface area (Å²) in [4.78, 5) is 0. The molecule has 0 spiro atoms. The average molecular weight is 312 g/mol. The molecule has 0 amide bonds. The zero-order valence-corrected chi connectivity index (χ0v) is 14.7. The van der Waals surface area contributed by atoms with Crippen LogP contribution >= 0.6 is 0 Å². The van der Waals surface area contributed by atoms with Gasteiger partial charge in [-0.25, -0.2) is 0 Å². The molecule has 0 aromatic heterocycles. The SMILES string of the molecule is C=C(C)Oc1ccccc1.CCc1cc(O)c(CC)c(CC)c1. The summed E-state index contributed by atoms with van der Waals surface area (Å²) in [6.07, 6.45) is 2.91. The summed E-state index contributed by atoms with van der Waals surface area (Å²) in [5.74, 6) is 2.03. The van der Waals surface area contributed by atoms with Crippen LogP contribution in [-0.2, 0) is 19.3 Å². The van der Waals surface area contributed by atoms with E-state index >= 15 is 0 Å². The lowest BCUT2D eigenvalue weighted by atomic mass is 9.98. The molecule has 1 N–H and O–H groups in total. The Morgan fingerprint density at radius 1 is 1.00 bits per heavy atom. The number of benzene rings is 2. The lowest BCUT2D eigenvalue weighted by Gasteiger charge is -2.10. The van der Waals surface area contributed by atoms with E-state index in [1.165, 1.54) is 11.1 Å². The number of para-hydroxylation sites is 1. The van der Waals surface area contributed by atoms with Crippen molar-refractivity contribution in [1.29, 1.82) is 0 Å². The highest BCUT2D eigenvalue weighted by molar-refractivity contribution is 5.43. The van der Waals surface area contributed by atoms with E-state index in [1.54, 1.807) is 0 Å². The molecule has 0 saturated heterocycles. The van der Waals surface area contributed by atoms with E-state index in [0.29, 0.717) is 11.5 Å². The van der Waals surface area contributed by atoms with Crippen LogP contribution in [0.5, 0.6) is 11.5 Å². The number of phenolic OH excluding ortho intramolecular Hbond substituents is 1. The molecule has 2 nitrogen and oxygen atoms in total. The molecule has 2 aromatic carbocycles. The van der Waals surface area contributed by atoms with Crippen LogP contribution in [0.2, 0.25) is 0 Å². The Morgan fingerprint density at radius 2 is 1.65 bits per heavy atom. The summed E-state index contributed by atoms with van der Waals surface area (Å²) in [5, 5.41) is 9.73. The lowest BCUT2D eigenvalue weighted by Crippen LogP contribution is -1.94. The van der Waals surface area contributed by atoms with Gasteiger partial charge in [0, 0.05) is 0 Å².